The molecule has 0 radical (unpaired) electrons. The van der Waals surface area contributed by atoms with Gasteiger partial charge in [-0.05, 0) is 50.6 Å². The van der Waals surface area contributed by atoms with Gasteiger partial charge >= 0.3 is 0 Å². The lowest BCUT2D eigenvalue weighted by atomic mass is 10.0. The van der Waals surface area contributed by atoms with Gasteiger partial charge in [0, 0.05) is 6.54 Å². The Hall–Kier alpha value is -0.0400. The first-order valence-corrected chi connectivity index (χ1v) is 5.57. The Labute approximate surface area is 76.1 Å². The molecule has 0 amide bonds. The molecule has 2 rings (SSSR count). The van der Waals surface area contributed by atoms with Gasteiger partial charge in [-0.1, -0.05) is 13.3 Å². The summed E-state index contributed by atoms with van der Waals surface area (Å²) in [5, 5.41) is 0. The van der Waals surface area contributed by atoms with Crippen LogP contribution >= 0.6 is 0 Å². The van der Waals surface area contributed by atoms with Crippen molar-refractivity contribution in [3.63, 3.8) is 0 Å². The Morgan fingerprint density at radius 2 is 1.75 bits per heavy atom. The highest BCUT2D eigenvalue weighted by Gasteiger charge is 2.41. The molecule has 0 atom stereocenters. The van der Waals surface area contributed by atoms with Crippen LogP contribution in [0.5, 0.6) is 0 Å². The van der Waals surface area contributed by atoms with E-state index < -0.39 is 0 Å². The van der Waals surface area contributed by atoms with Crippen LogP contribution in [-0.4, -0.2) is 24.5 Å². The van der Waals surface area contributed by atoms with Crippen molar-refractivity contribution in [3.05, 3.63) is 0 Å². The molecule has 1 nitrogen and oxygen atoms in total. The van der Waals surface area contributed by atoms with Crippen LogP contribution in [0.2, 0.25) is 0 Å². The number of hydrogen-bond acceptors (Lipinski definition) is 1. The molecule has 2 fully saturated rings. The van der Waals surface area contributed by atoms with E-state index in [0.717, 1.165) is 5.41 Å². The molecule has 0 bridgehead atoms. The van der Waals surface area contributed by atoms with E-state index >= 15 is 0 Å². The normalized spacial score (nSPS) is 28.8. The Kier molecular flexibility index (Phi) is 2.40. The maximum Gasteiger partial charge on any atom is 0.00379 e. The number of likely N-dealkylation sites (tertiary alicyclic amines) is 1. The van der Waals surface area contributed by atoms with Gasteiger partial charge in [-0.2, -0.15) is 0 Å². The van der Waals surface area contributed by atoms with E-state index in [2.05, 4.69) is 11.8 Å². The zero-order valence-electron chi connectivity index (χ0n) is 8.31. The van der Waals surface area contributed by atoms with E-state index in [-0.39, 0.29) is 0 Å². The third-order valence-electron chi connectivity index (χ3n) is 3.71. The summed E-state index contributed by atoms with van der Waals surface area (Å²) in [5.41, 5.74) is 0.775. The first-order valence-electron chi connectivity index (χ1n) is 5.57. The lowest BCUT2D eigenvalue weighted by Crippen LogP contribution is -2.34. The maximum absolute atomic E-state index is 2.69. The molecule has 1 saturated heterocycles. The highest BCUT2D eigenvalue weighted by Crippen LogP contribution is 2.49. The molecule has 0 N–H and O–H groups in total. The Morgan fingerprint density at radius 3 is 2.25 bits per heavy atom. The number of rotatable bonds is 3. The predicted octanol–water partition coefficient (Wildman–Crippen LogP) is 2.66. The van der Waals surface area contributed by atoms with E-state index in [4.69, 9.17) is 0 Å². The van der Waals surface area contributed by atoms with Crippen LogP contribution in [0.3, 0.4) is 0 Å². The van der Waals surface area contributed by atoms with Crippen LogP contribution in [0.25, 0.3) is 0 Å². The van der Waals surface area contributed by atoms with E-state index in [0.29, 0.717) is 0 Å². The van der Waals surface area contributed by atoms with E-state index in [1.807, 2.05) is 0 Å². The van der Waals surface area contributed by atoms with Gasteiger partial charge in [-0.3, -0.25) is 0 Å². The predicted molar refractivity (Wildman–Crippen MR) is 52.2 cm³/mol. The Bertz CT molecular complexity index is 143. The summed E-state index contributed by atoms with van der Waals surface area (Å²) in [6.07, 6.45) is 8.76. The fourth-order valence-corrected chi connectivity index (χ4v) is 2.39. The quantitative estimate of drug-likeness (QED) is 0.624. The fraction of sp³-hybridized carbons (Fsp3) is 1.00. The monoisotopic (exact) mass is 167 g/mol. The molecule has 1 aliphatic heterocycles. The Balaban J connectivity index is 1.77. The summed E-state index contributed by atoms with van der Waals surface area (Å²) < 4.78 is 0. The van der Waals surface area contributed by atoms with Crippen molar-refractivity contribution in [1.29, 1.82) is 0 Å². The lowest BCUT2D eigenvalue weighted by Gasteiger charge is -2.30. The zero-order chi connectivity index (χ0) is 8.44. The lowest BCUT2D eigenvalue weighted by molar-refractivity contribution is 0.183. The average molecular weight is 167 g/mol. The molecule has 12 heavy (non-hydrogen) atoms. The van der Waals surface area contributed by atoms with Gasteiger partial charge in [0.25, 0.3) is 0 Å². The number of nitrogens with zero attached hydrogens (tertiary/aromatic N) is 1. The van der Waals surface area contributed by atoms with Gasteiger partial charge in [0.15, 0.2) is 0 Å². The summed E-state index contributed by atoms with van der Waals surface area (Å²) in [5.74, 6) is 0. The molecule has 1 aliphatic carbocycles. The van der Waals surface area contributed by atoms with Crippen molar-refractivity contribution < 1.29 is 0 Å². The van der Waals surface area contributed by atoms with Crippen molar-refractivity contribution in [1.82, 2.24) is 4.90 Å². The van der Waals surface area contributed by atoms with E-state index in [1.165, 1.54) is 58.2 Å². The second-order valence-electron chi connectivity index (χ2n) is 4.69. The van der Waals surface area contributed by atoms with Crippen LogP contribution in [0.4, 0.5) is 0 Å². The molecule has 1 saturated carbocycles. The maximum atomic E-state index is 2.69. The fourth-order valence-electron chi connectivity index (χ4n) is 2.39. The molecule has 0 aromatic carbocycles. The highest BCUT2D eigenvalue weighted by atomic mass is 15.1. The van der Waals surface area contributed by atoms with Crippen LogP contribution in [0.15, 0.2) is 0 Å². The van der Waals surface area contributed by atoms with E-state index in [1.54, 1.807) is 0 Å². The summed E-state index contributed by atoms with van der Waals surface area (Å²) in [7, 11) is 0. The van der Waals surface area contributed by atoms with Gasteiger partial charge in [-0.15, -0.1) is 0 Å². The minimum Gasteiger partial charge on any atom is -0.303 e. The second kappa shape index (κ2) is 3.37. The average Bonchev–Trinajstić information content (AvgIpc) is 2.88. The first-order chi connectivity index (χ1) is 5.85. The molecule has 1 heteroatoms. The SMILES string of the molecule is CCC1(CN2CCCCC2)CC1. The Morgan fingerprint density at radius 1 is 1.08 bits per heavy atom. The van der Waals surface area contributed by atoms with Crippen molar-refractivity contribution in [2.24, 2.45) is 5.41 Å². The largest absolute Gasteiger partial charge is 0.303 e. The minimum atomic E-state index is 0.775. The second-order valence-corrected chi connectivity index (χ2v) is 4.69. The van der Waals surface area contributed by atoms with Crippen molar-refractivity contribution in [2.75, 3.05) is 19.6 Å². The van der Waals surface area contributed by atoms with Crippen molar-refractivity contribution in [3.8, 4) is 0 Å². The van der Waals surface area contributed by atoms with Gasteiger partial charge in [0.1, 0.15) is 0 Å². The molecule has 70 valence electrons. The van der Waals surface area contributed by atoms with Crippen LogP contribution < -0.4 is 0 Å². The van der Waals surface area contributed by atoms with Gasteiger partial charge < -0.3 is 4.90 Å². The topological polar surface area (TPSA) is 3.24 Å². The summed E-state index contributed by atoms with van der Waals surface area (Å²) in [6.45, 7) is 6.52. The van der Waals surface area contributed by atoms with Crippen LogP contribution in [-0.2, 0) is 0 Å². The molecule has 0 unspecified atom stereocenters. The van der Waals surface area contributed by atoms with Gasteiger partial charge in [0.05, 0.1) is 0 Å². The smallest absolute Gasteiger partial charge is 0.00379 e. The third kappa shape index (κ3) is 1.82. The zero-order valence-corrected chi connectivity index (χ0v) is 8.31. The highest BCUT2D eigenvalue weighted by molar-refractivity contribution is 4.94. The molecule has 0 aromatic rings. The van der Waals surface area contributed by atoms with Crippen LogP contribution in [0, 0.1) is 5.41 Å². The summed E-state index contributed by atoms with van der Waals surface area (Å²) in [6, 6.07) is 0. The molecular formula is C11H21N. The molecule has 1 heterocycles. The van der Waals surface area contributed by atoms with Gasteiger partial charge in [0.2, 0.25) is 0 Å². The molecule has 0 spiro atoms. The number of piperidine rings is 1. The molecule has 2 aliphatic rings. The number of hydrogen-bond donors (Lipinski definition) is 0. The summed E-state index contributed by atoms with van der Waals surface area (Å²) in [4.78, 5) is 2.69. The molecular weight excluding hydrogens is 146 g/mol. The molecule has 0 aromatic heterocycles. The third-order valence-corrected chi connectivity index (χ3v) is 3.71. The first kappa shape index (κ1) is 8.55. The van der Waals surface area contributed by atoms with E-state index in [9.17, 15) is 0 Å². The van der Waals surface area contributed by atoms with Crippen molar-refractivity contribution >= 4 is 0 Å². The van der Waals surface area contributed by atoms with Gasteiger partial charge in [-0.25, -0.2) is 0 Å². The van der Waals surface area contributed by atoms with Crippen LogP contribution in [0.1, 0.15) is 45.4 Å². The standard InChI is InChI=1S/C11H21N/c1-2-11(6-7-11)10-12-8-4-3-5-9-12/h2-10H2,1H3. The summed E-state index contributed by atoms with van der Waals surface area (Å²) >= 11 is 0. The van der Waals surface area contributed by atoms with Crippen molar-refractivity contribution in [2.45, 2.75) is 45.4 Å². The minimum absolute atomic E-state index is 0.775.